The number of carbonyl (C=O) groups excluding carboxylic acids is 1. The van der Waals surface area contributed by atoms with Crippen LogP contribution in [0.25, 0.3) is 11.1 Å². The summed E-state index contributed by atoms with van der Waals surface area (Å²) in [5, 5.41) is 8.95. The molecule has 0 aliphatic rings. The van der Waals surface area contributed by atoms with Crippen molar-refractivity contribution in [3.05, 3.63) is 59.2 Å². The van der Waals surface area contributed by atoms with Crippen molar-refractivity contribution in [1.29, 1.82) is 5.26 Å². The van der Waals surface area contributed by atoms with Crippen molar-refractivity contribution >= 4 is 5.97 Å². The minimum atomic E-state index is -4.54. The Labute approximate surface area is 143 Å². The van der Waals surface area contributed by atoms with E-state index in [1.165, 1.54) is 30.3 Å². The highest BCUT2D eigenvalue weighted by Gasteiger charge is 2.31. The van der Waals surface area contributed by atoms with E-state index in [0.717, 1.165) is 12.1 Å². The molecule has 2 aromatic carbocycles. The van der Waals surface area contributed by atoms with Gasteiger partial charge in [0, 0.05) is 0 Å². The monoisotopic (exact) mass is 347 g/mol. The minimum Gasteiger partial charge on any atom is -0.456 e. The number of alkyl halides is 3. The summed E-state index contributed by atoms with van der Waals surface area (Å²) in [6.45, 7) is 5.22. The van der Waals surface area contributed by atoms with Gasteiger partial charge < -0.3 is 4.74 Å². The molecule has 0 heterocycles. The van der Waals surface area contributed by atoms with Crippen LogP contribution >= 0.6 is 0 Å². The van der Waals surface area contributed by atoms with Gasteiger partial charge in [-0.3, -0.25) is 0 Å². The Hall–Kier alpha value is -2.81. The first-order chi connectivity index (χ1) is 11.5. The molecular formula is C19H16F3NO2. The molecule has 0 N–H and O–H groups in total. The van der Waals surface area contributed by atoms with Crippen molar-refractivity contribution in [2.75, 3.05) is 0 Å². The molecule has 0 saturated carbocycles. The molecule has 0 fully saturated rings. The van der Waals surface area contributed by atoms with Crippen molar-refractivity contribution in [1.82, 2.24) is 0 Å². The van der Waals surface area contributed by atoms with Crippen LogP contribution < -0.4 is 0 Å². The Balaban J connectivity index is 2.37. The van der Waals surface area contributed by atoms with E-state index in [-0.39, 0.29) is 11.1 Å². The predicted octanol–water partition coefficient (Wildman–Crippen LogP) is 5.20. The highest BCUT2D eigenvalue weighted by Crippen LogP contribution is 2.33. The van der Waals surface area contributed by atoms with Gasteiger partial charge in [0.05, 0.1) is 22.8 Å². The van der Waals surface area contributed by atoms with Gasteiger partial charge in [-0.05, 0) is 62.2 Å². The number of halogens is 3. The third kappa shape index (κ3) is 4.83. The molecule has 0 saturated heterocycles. The van der Waals surface area contributed by atoms with Crippen LogP contribution in [0.5, 0.6) is 0 Å². The molecule has 25 heavy (non-hydrogen) atoms. The Kier molecular flexibility index (Phi) is 4.89. The van der Waals surface area contributed by atoms with Gasteiger partial charge in [-0.2, -0.15) is 18.4 Å². The third-order valence-electron chi connectivity index (χ3n) is 3.24. The summed E-state index contributed by atoms with van der Waals surface area (Å²) in [6.07, 6.45) is -4.54. The molecule has 2 aromatic rings. The lowest BCUT2D eigenvalue weighted by Gasteiger charge is -2.19. The molecule has 0 radical (unpaired) electrons. The first-order valence-corrected chi connectivity index (χ1v) is 7.46. The number of nitriles is 1. The van der Waals surface area contributed by atoms with E-state index in [1.54, 1.807) is 26.8 Å². The molecule has 3 nitrogen and oxygen atoms in total. The average molecular weight is 347 g/mol. The van der Waals surface area contributed by atoms with Crippen molar-refractivity contribution in [2.45, 2.75) is 32.5 Å². The molecule has 0 aliphatic heterocycles. The topological polar surface area (TPSA) is 50.1 Å². The van der Waals surface area contributed by atoms with E-state index in [0.29, 0.717) is 11.1 Å². The first kappa shape index (κ1) is 18.5. The number of ether oxygens (including phenoxy) is 1. The number of esters is 1. The lowest BCUT2D eigenvalue weighted by atomic mass is 9.99. The second kappa shape index (κ2) is 6.60. The number of hydrogen-bond donors (Lipinski definition) is 0. The van der Waals surface area contributed by atoms with Crippen LogP contribution in [0.1, 0.15) is 42.3 Å². The molecule has 0 unspecified atom stereocenters. The van der Waals surface area contributed by atoms with Gasteiger partial charge in [-0.1, -0.05) is 12.1 Å². The van der Waals surface area contributed by atoms with Crippen molar-refractivity contribution in [3.63, 3.8) is 0 Å². The maximum atomic E-state index is 13.0. The molecular weight excluding hydrogens is 331 g/mol. The van der Waals surface area contributed by atoms with Gasteiger partial charge >= 0.3 is 12.1 Å². The van der Waals surface area contributed by atoms with E-state index in [1.807, 2.05) is 0 Å². The number of rotatable bonds is 2. The minimum absolute atomic E-state index is 0.0824. The summed E-state index contributed by atoms with van der Waals surface area (Å²) in [5.74, 6) is -0.513. The molecule has 130 valence electrons. The van der Waals surface area contributed by atoms with E-state index in [2.05, 4.69) is 0 Å². The van der Waals surface area contributed by atoms with E-state index in [4.69, 9.17) is 10.00 Å². The lowest BCUT2D eigenvalue weighted by Crippen LogP contribution is -2.23. The highest BCUT2D eigenvalue weighted by atomic mass is 19.4. The summed E-state index contributed by atoms with van der Waals surface area (Å²) >= 11 is 0. The van der Waals surface area contributed by atoms with Crippen LogP contribution in [-0.4, -0.2) is 11.6 Å². The quantitative estimate of drug-likeness (QED) is 0.702. The molecule has 0 bridgehead atoms. The lowest BCUT2D eigenvalue weighted by molar-refractivity contribution is -0.137. The van der Waals surface area contributed by atoms with Gasteiger partial charge in [0.1, 0.15) is 5.60 Å². The van der Waals surface area contributed by atoms with Crippen LogP contribution in [-0.2, 0) is 10.9 Å². The molecule has 0 aromatic heterocycles. The molecule has 2 rings (SSSR count). The van der Waals surface area contributed by atoms with Crippen LogP contribution in [0, 0.1) is 11.3 Å². The van der Waals surface area contributed by atoms with Gasteiger partial charge in [0.15, 0.2) is 0 Å². The molecule has 0 atom stereocenters. The fourth-order valence-electron chi connectivity index (χ4n) is 2.16. The van der Waals surface area contributed by atoms with Crippen LogP contribution in [0.4, 0.5) is 13.2 Å². The third-order valence-corrected chi connectivity index (χ3v) is 3.24. The molecule has 0 amide bonds. The zero-order valence-corrected chi connectivity index (χ0v) is 13.9. The summed E-state index contributed by atoms with van der Waals surface area (Å²) in [5.41, 5.74) is -0.597. The summed E-state index contributed by atoms with van der Waals surface area (Å²) in [4.78, 5) is 12.0. The maximum Gasteiger partial charge on any atom is 0.416 e. The smallest absolute Gasteiger partial charge is 0.416 e. The second-order valence-electron chi connectivity index (χ2n) is 6.49. The molecule has 0 spiro atoms. The fraction of sp³-hybridized carbons (Fsp3) is 0.263. The Bertz CT molecular complexity index is 826. The molecule has 0 aliphatic carbocycles. The number of nitrogens with zero attached hydrogens (tertiary/aromatic N) is 1. The van der Waals surface area contributed by atoms with Crippen LogP contribution in [0.15, 0.2) is 42.5 Å². The van der Waals surface area contributed by atoms with Crippen LogP contribution in [0.2, 0.25) is 0 Å². The summed E-state index contributed by atoms with van der Waals surface area (Å²) in [7, 11) is 0. The van der Waals surface area contributed by atoms with Gasteiger partial charge in [0.25, 0.3) is 0 Å². The average Bonchev–Trinajstić information content (AvgIpc) is 2.52. The summed E-state index contributed by atoms with van der Waals surface area (Å²) in [6, 6.07) is 10.9. The maximum absolute atomic E-state index is 13.0. The van der Waals surface area contributed by atoms with E-state index < -0.39 is 23.3 Å². The normalized spacial score (nSPS) is 11.7. The first-order valence-electron chi connectivity index (χ1n) is 7.46. The Morgan fingerprint density at radius 2 is 1.60 bits per heavy atom. The Morgan fingerprint density at radius 1 is 1.00 bits per heavy atom. The van der Waals surface area contributed by atoms with Gasteiger partial charge in [-0.15, -0.1) is 0 Å². The number of carbonyl (C=O) groups is 1. The van der Waals surface area contributed by atoms with E-state index in [9.17, 15) is 18.0 Å². The van der Waals surface area contributed by atoms with Crippen LogP contribution in [0.3, 0.4) is 0 Å². The predicted molar refractivity (Wildman–Crippen MR) is 86.8 cm³/mol. The number of benzene rings is 2. The fourth-order valence-corrected chi connectivity index (χ4v) is 2.16. The van der Waals surface area contributed by atoms with Gasteiger partial charge in [-0.25, -0.2) is 4.79 Å². The standard InChI is InChI=1S/C19H16F3NO2/c1-18(2,3)25-17(24)14-6-4-13(5-7-14)15-8-12(11-23)9-16(10-15)19(20,21)22/h4-10H,1-3H3. The highest BCUT2D eigenvalue weighted by molar-refractivity contribution is 5.90. The van der Waals surface area contributed by atoms with Crippen molar-refractivity contribution in [3.8, 4) is 17.2 Å². The zero-order chi connectivity index (χ0) is 18.8. The van der Waals surface area contributed by atoms with Crippen molar-refractivity contribution < 1.29 is 22.7 Å². The van der Waals surface area contributed by atoms with E-state index >= 15 is 0 Å². The number of hydrogen-bond acceptors (Lipinski definition) is 3. The zero-order valence-electron chi connectivity index (χ0n) is 13.9. The second-order valence-corrected chi connectivity index (χ2v) is 6.49. The SMILES string of the molecule is CC(C)(C)OC(=O)c1ccc(-c2cc(C#N)cc(C(F)(F)F)c2)cc1. The molecule has 6 heteroatoms. The Morgan fingerprint density at radius 3 is 2.08 bits per heavy atom. The summed E-state index contributed by atoms with van der Waals surface area (Å²) < 4.78 is 44.1. The largest absolute Gasteiger partial charge is 0.456 e. The van der Waals surface area contributed by atoms with Crippen molar-refractivity contribution in [2.24, 2.45) is 0 Å². The van der Waals surface area contributed by atoms with Gasteiger partial charge in [0.2, 0.25) is 0 Å².